The molecule has 0 fully saturated rings. The molecule has 0 saturated carbocycles. The summed E-state index contributed by atoms with van der Waals surface area (Å²) in [5.41, 5.74) is 4.38. The smallest absolute Gasteiger partial charge is 0.0152 e. The van der Waals surface area contributed by atoms with Crippen LogP contribution in [0.2, 0.25) is 0 Å². The zero-order valence-corrected chi connectivity index (χ0v) is 9.04. The molecule has 0 aliphatic heterocycles. The first-order valence-corrected chi connectivity index (χ1v) is 5.10. The Hall–Kier alpha value is -1.30. The van der Waals surface area contributed by atoms with Gasteiger partial charge in [0, 0.05) is 5.41 Å². The maximum Gasteiger partial charge on any atom is 0.0152 e. The highest BCUT2D eigenvalue weighted by Crippen LogP contribution is 2.41. The van der Waals surface area contributed by atoms with Crippen LogP contribution in [0.15, 0.2) is 42.0 Å². The summed E-state index contributed by atoms with van der Waals surface area (Å²) in [7, 11) is 0. The first-order valence-electron chi connectivity index (χ1n) is 5.10. The Kier molecular flexibility index (Phi) is 2.07. The number of fused-ring (bicyclic) bond motifs is 1. The minimum atomic E-state index is 0.170. The van der Waals surface area contributed by atoms with Crippen molar-refractivity contribution in [3.8, 4) is 0 Å². The molecule has 0 heteroatoms. The monoisotopic (exact) mass is 184 g/mol. The Labute approximate surface area is 86.0 Å². The first kappa shape index (κ1) is 9.26. The lowest BCUT2D eigenvalue weighted by atomic mass is 9.81. The van der Waals surface area contributed by atoms with Crippen LogP contribution in [0.25, 0.3) is 6.08 Å². The van der Waals surface area contributed by atoms with Crippen molar-refractivity contribution < 1.29 is 0 Å². The predicted molar refractivity (Wildman–Crippen MR) is 62.3 cm³/mol. The Bertz CT molecular complexity index is 406. The predicted octanol–water partition coefficient (Wildman–Crippen LogP) is 3.94. The quantitative estimate of drug-likeness (QED) is 0.620. The fraction of sp³-hybridized carbons (Fsp3) is 0.286. The highest BCUT2D eigenvalue weighted by atomic mass is 14.3. The van der Waals surface area contributed by atoms with E-state index in [0.29, 0.717) is 0 Å². The Balaban J connectivity index is 2.56. The van der Waals surface area contributed by atoms with Crippen LogP contribution in [0, 0.1) is 0 Å². The fourth-order valence-electron chi connectivity index (χ4n) is 2.13. The van der Waals surface area contributed by atoms with Gasteiger partial charge in [0.15, 0.2) is 0 Å². The summed E-state index contributed by atoms with van der Waals surface area (Å²) in [5.74, 6) is 0. The summed E-state index contributed by atoms with van der Waals surface area (Å²) < 4.78 is 0. The van der Waals surface area contributed by atoms with Crippen molar-refractivity contribution in [2.75, 3.05) is 0 Å². The molecule has 0 unspecified atom stereocenters. The summed E-state index contributed by atoms with van der Waals surface area (Å²) in [6.45, 7) is 6.63. The molecule has 0 bridgehead atoms. The van der Waals surface area contributed by atoms with Gasteiger partial charge < -0.3 is 0 Å². The van der Waals surface area contributed by atoms with Crippen molar-refractivity contribution in [1.29, 1.82) is 0 Å². The van der Waals surface area contributed by atoms with Gasteiger partial charge in [-0.2, -0.15) is 0 Å². The molecule has 0 N–H and O–H groups in total. The molecule has 2 rings (SSSR count). The van der Waals surface area contributed by atoms with Gasteiger partial charge in [0.05, 0.1) is 0 Å². The summed E-state index contributed by atoms with van der Waals surface area (Å²) in [4.78, 5) is 0. The molecule has 72 valence electrons. The van der Waals surface area contributed by atoms with E-state index in [4.69, 9.17) is 0 Å². The highest BCUT2D eigenvalue weighted by molar-refractivity contribution is 5.71. The average molecular weight is 184 g/mol. The Morgan fingerprint density at radius 2 is 1.86 bits per heavy atom. The normalized spacial score (nSPS) is 18.4. The summed E-state index contributed by atoms with van der Waals surface area (Å²) in [6.07, 6.45) is 6.61. The number of rotatable bonds is 1. The third kappa shape index (κ3) is 1.22. The second-order valence-electron chi connectivity index (χ2n) is 4.31. The SMILES string of the molecule is C/C=C\C1=Cc2ccccc2C1(C)C. The van der Waals surface area contributed by atoms with Gasteiger partial charge in [-0.15, -0.1) is 0 Å². The number of allylic oxidation sites excluding steroid dienone is 3. The van der Waals surface area contributed by atoms with Gasteiger partial charge >= 0.3 is 0 Å². The van der Waals surface area contributed by atoms with Crippen molar-refractivity contribution >= 4 is 6.08 Å². The molecule has 0 radical (unpaired) electrons. The van der Waals surface area contributed by atoms with E-state index in [0.717, 1.165) is 0 Å². The van der Waals surface area contributed by atoms with Gasteiger partial charge in [-0.05, 0) is 23.6 Å². The van der Waals surface area contributed by atoms with Gasteiger partial charge in [0.25, 0.3) is 0 Å². The molecule has 1 aliphatic carbocycles. The van der Waals surface area contributed by atoms with E-state index in [-0.39, 0.29) is 5.41 Å². The van der Waals surface area contributed by atoms with Gasteiger partial charge in [0.1, 0.15) is 0 Å². The zero-order valence-electron chi connectivity index (χ0n) is 9.04. The molecule has 0 nitrogen and oxygen atoms in total. The standard InChI is InChI=1S/C14H16/c1-4-7-12-10-11-8-5-6-9-13(11)14(12,2)3/h4-10H,1-3H3/b7-4-. The zero-order chi connectivity index (χ0) is 10.2. The molecule has 0 spiro atoms. The third-order valence-corrected chi connectivity index (χ3v) is 3.01. The lowest BCUT2D eigenvalue weighted by Crippen LogP contribution is -2.15. The topological polar surface area (TPSA) is 0 Å². The first-order chi connectivity index (χ1) is 6.66. The Morgan fingerprint density at radius 3 is 2.50 bits per heavy atom. The van der Waals surface area contributed by atoms with E-state index < -0.39 is 0 Å². The van der Waals surface area contributed by atoms with E-state index in [1.165, 1.54) is 16.7 Å². The lowest BCUT2D eigenvalue weighted by molar-refractivity contribution is 0.654. The highest BCUT2D eigenvalue weighted by Gasteiger charge is 2.30. The summed E-state index contributed by atoms with van der Waals surface area (Å²) in [6, 6.07) is 8.63. The summed E-state index contributed by atoms with van der Waals surface area (Å²) in [5, 5.41) is 0. The fourth-order valence-corrected chi connectivity index (χ4v) is 2.13. The number of benzene rings is 1. The minimum Gasteiger partial charge on any atom is -0.0874 e. The maximum absolute atomic E-state index is 2.29. The van der Waals surface area contributed by atoms with Gasteiger partial charge in [-0.1, -0.05) is 56.3 Å². The van der Waals surface area contributed by atoms with Crippen LogP contribution >= 0.6 is 0 Å². The van der Waals surface area contributed by atoms with E-state index in [1.54, 1.807) is 0 Å². The van der Waals surface area contributed by atoms with Gasteiger partial charge in [0.2, 0.25) is 0 Å². The Morgan fingerprint density at radius 1 is 1.14 bits per heavy atom. The molecule has 0 saturated heterocycles. The van der Waals surface area contributed by atoms with Crippen LogP contribution in [0.4, 0.5) is 0 Å². The van der Waals surface area contributed by atoms with E-state index in [9.17, 15) is 0 Å². The molecule has 0 heterocycles. The average Bonchev–Trinajstić information content (AvgIpc) is 2.41. The molecule has 14 heavy (non-hydrogen) atoms. The van der Waals surface area contributed by atoms with E-state index >= 15 is 0 Å². The molecule has 0 aromatic heterocycles. The van der Waals surface area contributed by atoms with Crippen molar-refractivity contribution in [2.24, 2.45) is 0 Å². The minimum absolute atomic E-state index is 0.170. The van der Waals surface area contributed by atoms with Crippen LogP contribution in [0.3, 0.4) is 0 Å². The van der Waals surface area contributed by atoms with Crippen LogP contribution in [-0.4, -0.2) is 0 Å². The van der Waals surface area contributed by atoms with Crippen LogP contribution in [0.5, 0.6) is 0 Å². The number of hydrogen-bond acceptors (Lipinski definition) is 0. The van der Waals surface area contributed by atoms with Crippen LogP contribution < -0.4 is 0 Å². The van der Waals surface area contributed by atoms with Crippen molar-refractivity contribution in [3.05, 3.63) is 53.1 Å². The molecular formula is C14H16. The molecule has 0 amide bonds. The molecular weight excluding hydrogens is 168 g/mol. The van der Waals surface area contributed by atoms with E-state index in [1.807, 2.05) is 0 Å². The summed E-state index contributed by atoms with van der Waals surface area (Å²) >= 11 is 0. The second kappa shape index (κ2) is 3.13. The van der Waals surface area contributed by atoms with Gasteiger partial charge in [-0.3, -0.25) is 0 Å². The van der Waals surface area contributed by atoms with Crippen LogP contribution in [-0.2, 0) is 5.41 Å². The van der Waals surface area contributed by atoms with Crippen molar-refractivity contribution in [1.82, 2.24) is 0 Å². The van der Waals surface area contributed by atoms with Crippen LogP contribution in [0.1, 0.15) is 31.9 Å². The lowest BCUT2D eigenvalue weighted by Gasteiger charge is -2.22. The van der Waals surface area contributed by atoms with E-state index in [2.05, 4.69) is 63.3 Å². The van der Waals surface area contributed by atoms with Crippen molar-refractivity contribution in [2.45, 2.75) is 26.2 Å². The van der Waals surface area contributed by atoms with Crippen molar-refractivity contribution in [3.63, 3.8) is 0 Å². The second-order valence-corrected chi connectivity index (χ2v) is 4.31. The third-order valence-electron chi connectivity index (χ3n) is 3.01. The molecule has 0 atom stereocenters. The molecule has 1 aliphatic rings. The maximum atomic E-state index is 2.29. The molecule has 1 aromatic carbocycles. The number of hydrogen-bond donors (Lipinski definition) is 0. The largest absolute Gasteiger partial charge is 0.0874 e. The van der Waals surface area contributed by atoms with Gasteiger partial charge in [-0.25, -0.2) is 0 Å². The molecule has 1 aromatic rings.